The van der Waals surface area contributed by atoms with E-state index in [1.54, 1.807) is 54.6 Å². The molecule has 0 amide bonds. The predicted molar refractivity (Wildman–Crippen MR) is 102 cm³/mol. The molecular formula is C22H16N2O5. The second-order valence-electron chi connectivity index (χ2n) is 6.26. The lowest BCUT2D eigenvalue weighted by atomic mass is 9.87. The van der Waals surface area contributed by atoms with Crippen LogP contribution in [0.2, 0.25) is 0 Å². The van der Waals surface area contributed by atoms with Gasteiger partial charge in [0.2, 0.25) is 5.88 Å². The first-order valence-electron chi connectivity index (χ1n) is 8.72. The topological polar surface area (TPSA) is 108 Å². The van der Waals surface area contributed by atoms with Crippen molar-refractivity contribution in [2.24, 2.45) is 5.73 Å². The van der Waals surface area contributed by atoms with E-state index in [2.05, 4.69) is 6.07 Å². The van der Waals surface area contributed by atoms with Gasteiger partial charge in [-0.15, -0.1) is 0 Å². The number of methoxy groups -OCH3 is 1. The number of carbonyl (C=O) groups excluding carboxylic acids is 1. The number of furan rings is 1. The Bertz CT molecular complexity index is 1140. The van der Waals surface area contributed by atoms with Gasteiger partial charge in [0.15, 0.2) is 0 Å². The van der Waals surface area contributed by atoms with Gasteiger partial charge >= 0.3 is 5.97 Å². The molecule has 0 saturated heterocycles. The summed E-state index contributed by atoms with van der Waals surface area (Å²) in [6.07, 6.45) is 1.53. The normalized spacial score (nSPS) is 15.1. The Kier molecular flexibility index (Phi) is 4.67. The molecule has 1 aliphatic rings. The maximum atomic E-state index is 12.5. The van der Waals surface area contributed by atoms with Gasteiger partial charge in [-0.2, -0.15) is 5.26 Å². The van der Waals surface area contributed by atoms with Crippen LogP contribution in [0.15, 0.2) is 76.7 Å². The number of hydrogen-bond donors (Lipinski definition) is 1. The monoisotopic (exact) mass is 388 g/mol. The summed E-state index contributed by atoms with van der Waals surface area (Å²) in [5.74, 6) is 0.733. The molecule has 2 N–H and O–H groups in total. The van der Waals surface area contributed by atoms with Crippen LogP contribution in [0.5, 0.6) is 17.2 Å². The molecule has 0 fully saturated rings. The molecular weight excluding hydrogens is 372 g/mol. The van der Waals surface area contributed by atoms with Crippen molar-refractivity contribution in [3.05, 3.63) is 89.2 Å². The second kappa shape index (κ2) is 7.44. The zero-order valence-electron chi connectivity index (χ0n) is 15.4. The molecule has 0 radical (unpaired) electrons. The molecule has 0 saturated carbocycles. The molecule has 7 heteroatoms. The maximum absolute atomic E-state index is 12.5. The zero-order chi connectivity index (χ0) is 20.4. The Hall–Kier alpha value is -4.18. The van der Waals surface area contributed by atoms with Crippen LogP contribution in [-0.4, -0.2) is 13.1 Å². The number of allylic oxidation sites excluding steroid dienone is 1. The summed E-state index contributed by atoms with van der Waals surface area (Å²) in [5, 5.41) is 9.51. The van der Waals surface area contributed by atoms with E-state index in [1.807, 2.05) is 0 Å². The highest BCUT2D eigenvalue weighted by Crippen LogP contribution is 2.43. The third-order valence-electron chi connectivity index (χ3n) is 4.53. The maximum Gasteiger partial charge on any atom is 0.343 e. The molecule has 1 aromatic heterocycles. The number of rotatable bonds is 4. The summed E-state index contributed by atoms with van der Waals surface area (Å²) >= 11 is 0. The van der Waals surface area contributed by atoms with Gasteiger partial charge in [-0.1, -0.05) is 12.1 Å². The van der Waals surface area contributed by atoms with Gasteiger partial charge in [0.1, 0.15) is 34.7 Å². The van der Waals surface area contributed by atoms with Gasteiger partial charge in [-0.25, -0.2) is 4.79 Å². The number of hydrogen-bond acceptors (Lipinski definition) is 7. The van der Waals surface area contributed by atoms with Crippen molar-refractivity contribution in [1.29, 1.82) is 5.26 Å². The Morgan fingerprint density at radius 3 is 2.72 bits per heavy atom. The molecule has 29 heavy (non-hydrogen) atoms. The van der Waals surface area contributed by atoms with Crippen molar-refractivity contribution < 1.29 is 23.4 Å². The number of benzene rings is 2. The van der Waals surface area contributed by atoms with Crippen molar-refractivity contribution in [3.63, 3.8) is 0 Å². The first-order valence-corrected chi connectivity index (χ1v) is 8.72. The van der Waals surface area contributed by atoms with Gasteiger partial charge in [0.05, 0.1) is 24.9 Å². The lowest BCUT2D eigenvalue weighted by molar-refractivity contribution is 0.0734. The minimum absolute atomic E-state index is 0.0160. The molecule has 1 unspecified atom stereocenters. The Morgan fingerprint density at radius 1 is 1.14 bits per heavy atom. The van der Waals surface area contributed by atoms with Crippen LogP contribution in [0, 0.1) is 11.3 Å². The number of fused-ring (bicyclic) bond motifs is 1. The van der Waals surface area contributed by atoms with Crippen molar-refractivity contribution in [1.82, 2.24) is 0 Å². The standard InChI is InChI=1S/C22H16N2O5/c1-26-14-5-2-4-13(10-14)22(25)28-15-7-8-16-19(11-15)29-21(24)17(12-23)20(16)18-6-3-9-27-18/h2-11,20H,24H2,1H3. The van der Waals surface area contributed by atoms with Crippen molar-refractivity contribution in [3.8, 4) is 23.3 Å². The molecule has 1 atom stereocenters. The lowest BCUT2D eigenvalue weighted by Crippen LogP contribution is -2.21. The van der Waals surface area contributed by atoms with Crippen LogP contribution in [-0.2, 0) is 0 Å². The third-order valence-corrected chi connectivity index (χ3v) is 4.53. The summed E-state index contributed by atoms with van der Waals surface area (Å²) in [6, 6.07) is 17.2. The molecule has 2 aromatic carbocycles. The molecule has 1 aliphatic heterocycles. The highest BCUT2D eigenvalue weighted by molar-refractivity contribution is 5.91. The third kappa shape index (κ3) is 3.39. The minimum Gasteiger partial charge on any atom is -0.497 e. The van der Waals surface area contributed by atoms with E-state index in [-0.39, 0.29) is 17.2 Å². The van der Waals surface area contributed by atoms with E-state index in [0.29, 0.717) is 28.4 Å². The van der Waals surface area contributed by atoms with Crippen LogP contribution < -0.4 is 19.9 Å². The summed E-state index contributed by atoms with van der Waals surface area (Å²) in [6.45, 7) is 0. The number of ether oxygens (including phenoxy) is 3. The van der Waals surface area contributed by atoms with Crippen LogP contribution in [0.1, 0.15) is 27.6 Å². The summed E-state index contributed by atoms with van der Waals surface area (Å²) < 4.78 is 21.7. The fourth-order valence-electron chi connectivity index (χ4n) is 3.16. The van der Waals surface area contributed by atoms with Gasteiger partial charge in [-0.3, -0.25) is 0 Å². The van der Waals surface area contributed by atoms with Crippen LogP contribution >= 0.6 is 0 Å². The average molecular weight is 388 g/mol. The summed E-state index contributed by atoms with van der Waals surface area (Å²) in [5.41, 5.74) is 7.24. The fourth-order valence-corrected chi connectivity index (χ4v) is 3.16. The molecule has 2 heterocycles. The first-order chi connectivity index (χ1) is 14.1. The van der Waals surface area contributed by atoms with Crippen molar-refractivity contribution >= 4 is 5.97 Å². The SMILES string of the molecule is COc1cccc(C(=O)Oc2ccc3c(c2)OC(N)=C(C#N)C3c2ccco2)c1. The predicted octanol–water partition coefficient (Wildman–Crippen LogP) is 3.73. The largest absolute Gasteiger partial charge is 0.497 e. The minimum atomic E-state index is -0.538. The number of nitrogens with zero attached hydrogens (tertiary/aromatic N) is 1. The van der Waals surface area contributed by atoms with Crippen LogP contribution in [0.4, 0.5) is 0 Å². The van der Waals surface area contributed by atoms with E-state index in [4.69, 9.17) is 24.4 Å². The van der Waals surface area contributed by atoms with Gasteiger partial charge in [0.25, 0.3) is 0 Å². The molecule has 0 aliphatic carbocycles. The molecule has 7 nitrogen and oxygen atoms in total. The quantitative estimate of drug-likeness (QED) is 0.536. The molecule has 144 valence electrons. The Morgan fingerprint density at radius 2 is 2.00 bits per heavy atom. The van der Waals surface area contributed by atoms with Crippen LogP contribution in [0.3, 0.4) is 0 Å². The number of carbonyl (C=O) groups is 1. The van der Waals surface area contributed by atoms with Crippen molar-refractivity contribution in [2.75, 3.05) is 7.11 Å². The summed E-state index contributed by atoms with van der Waals surface area (Å²) in [7, 11) is 1.52. The molecule has 0 bridgehead atoms. The number of esters is 1. The fraction of sp³-hybridized carbons (Fsp3) is 0.0909. The first kappa shape index (κ1) is 18.2. The molecule has 0 spiro atoms. The highest BCUT2D eigenvalue weighted by Gasteiger charge is 2.32. The Labute approximate surface area is 166 Å². The number of nitrogens with two attached hydrogens (primary N) is 1. The highest BCUT2D eigenvalue weighted by atomic mass is 16.5. The smallest absolute Gasteiger partial charge is 0.343 e. The lowest BCUT2D eigenvalue weighted by Gasteiger charge is -2.25. The van der Waals surface area contributed by atoms with Gasteiger partial charge < -0.3 is 24.4 Å². The zero-order valence-corrected chi connectivity index (χ0v) is 15.4. The Balaban J connectivity index is 1.65. The van der Waals surface area contributed by atoms with Gasteiger partial charge in [-0.05, 0) is 36.4 Å². The molecule has 3 aromatic rings. The molecule has 4 rings (SSSR count). The van der Waals surface area contributed by atoms with Gasteiger partial charge in [0, 0.05) is 11.6 Å². The van der Waals surface area contributed by atoms with E-state index in [9.17, 15) is 10.1 Å². The van der Waals surface area contributed by atoms with Crippen LogP contribution in [0.25, 0.3) is 0 Å². The van der Waals surface area contributed by atoms with E-state index >= 15 is 0 Å². The summed E-state index contributed by atoms with van der Waals surface area (Å²) in [4.78, 5) is 12.5. The van der Waals surface area contributed by atoms with E-state index in [0.717, 1.165) is 0 Å². The van der Waals surface area contributed by atoms with Crippen molar-refractivity contribution in [2.45, 2.75) is 5.92 Å². The number of nitriles is 1. The van der Waals surface area contributed by atoms with E-state index in [1.165, 1.54) is 13.4 Å². The second-order valence-corrected chi connectivity index (χ2v) is 6.26. The van der Waals surface area contributed by atoms with E-state index < -0.39 is 11.9 Å². The average Bonchev–Trinajstić information content (AvgIpc) is 3.27.